The number of carbonyl (C=O) groups is 1. The Bertz CT molecular complexity index is 702. The fourth-order valence-corrected chi connectivity index (χ4v) is 2.47. The average molecular weight is 282 g/mol. The van der Waals surface area contributed by atoms with Gasteiger partial charge in [0.05, 0.1) is 6.61 Å². The largest absolute Gasteiger partial charge is 0.493 e. The highest BCUT2D eigenvalue weighted by Crippen LogP contribution is 2.30. The van der Waals surface area contributed by atoms with E-state index in [4.69, 9.17) is 4.74 Å². The molecule has 1 saturated heterocycles. The molecule has 1 aliphatic rings. The van der Waals surface area contributed by atoms with Gasteiger partial charge in [-0.05, 0) is 29.5 Å². The summed E-state index contributed by atoms with van der Waals surface area (Å²) in [4.78, 5) is 11.7. The lowest BCUT2D eigenvalue weighted by molar-refractivity contribution is -0.116. The van der Waals surface area contributed by atoms with E-state index in [1.807, 2.05) is 30.3 Å². The monoisotopic (exact) mass is 282 g/mol. The van der Waals surface area contributed by atoms with Crippen LogP contribution in [0.3, 0.4) is 0 Å². The molecule has 1 heterocycles. The highest BCUT2D eigenvalue weighted by Gasteiger charge is 2.16. The summed E-state index contributed by atoms with van der Waals surface area (Å²) in [6.45, 7) is 3.31. The number of nitrogens with one attached hydrogen (secondary N) is 2. The molecular weight excluding hydrogens is 264 g/mol. The van der Waals surface area contributed by atoms with E-state index < -0.39 is 0 Å². The highest BCUT2D eigenvalue weighted by atomic mass is 16.5. The van der Waals surface area contributed by atoms with E-state index in [2.05, 4.69) is 29.9 Å². The van der Waals surface area contributed by atoms with Crippen molar-refractivity contribution in [3.8, 4) is 5.75 Å². The number of hydrogen-bond acceptors (Lipinski definition) is 3. The van der Waals surface area contributed by atoms with Crippen LogP contribution >= 0.6 is 0 Å². The average Bonchev–Trinajstić information content (AvgIpc) is 2.90. The first-order valence-electron chi connectivity index (χ1n) is 7.18. The summed E-state index contributed by atoms with van der Waals surface area (Å²) in [5.74, 6) is 0.798. The minimum atomic E-state index is -0.0704. The predicted molar refractivity (Wildman–Crippen MR) is 83.9 cm³/mol. The molecule has 0 bridgehead atoms. The van der Waals surface area contributed by atoms with Crippen molar-refractivity contribution in [2.24, 2.45) is 0 Å². The first kappa shape index (κ1) is 13.6. The minimum absolute atomic E-state index is 0.0704. The van der Waals surface area contributed by atoms with Crippen molar-refractivity contribution in [2.75, 3.05) is 13.2 Å². The van der Waals surface area contributed by atoms with Gasteiger partial charge in [-0.15, -0.1) is 0 Å². The highest BCUT2D eigenvalue weighted by molar-refractivity contribution is 6.03. The maximum absolute atomic E-state index is 11.7. The Morgan fingerprint density at radius 1 is 1.24 bits per heavy atom. The van der Waals surface area contributed by atoms with Gasteiger partial charge in [-0.25, -0.2) is 5.43 Å². The number of amides is 1. The Labute approximate surface area is 123 Å². The molecule has 1 amide bonds. The van der Waals surface area contributed by atoms with E-state index in [1.165, 1.54) is 0 Å². The second-order valence-corrected chi connectivity index (χ2v) is 5.03. The molecule has 3 rings (SSSR count). The van der Waals surface area contributed by atoms with Crippen LogP contribution in [-0.2, 0) is 4.79 Å². The molecule has 2 N–H and O–H groups in total. The smallest absolute Gasteiger partial charge is 0.262 e. The number of rotatable bonds is 4. The van der Waals surface area contributed by atoms with Crippen molar-refractivity contribution < 1.29 is 9.53 Å². The van der Waals surface area contributed by atoms with Crippen molar-refractivity contribution in [1.29, 1.82) is 0 Å². The van der Waals surface area contributed by atoms with E-state index in [1.54, 1.807) is 0 Å². The molecular formula is C17H18N2O2. The van der Waals surface area contributed by atoms with Gasteiger partial charge < -0.3 is 4.74 Å². The first-order chi connectivity index (χ1) is 10.3. The van der Waals surface area contributed by atoms with Gasteiger partial charge in [0.25, 0.3) is 5.91 Å². The standard InChI is InChI=1S/C17H18N2O2/c1-2-9-21-15-8-4-6-12-5-3-7-13(16(12)15)10-14-11-18-19-17(14)20/h3-8,10,18H,2,9,11H2,1H3,(H,19,20)/b14-10+. The SMILES string of the molecule is CCCOc1cccc2cccc(/C=C3\CNNC3=O)c12. The van der Waals surface area contributed by atoms with Crippen LogP contribution in [0.15, 0.2) is 42.0 Å². The quantitative estimate of drug-likeness (QED) is 0.848. The number of fused-ring (bicyclic) bond motifs is 1. The topological polar surface area (TPSA) is 50.4 Å². The molecule has 0 aromatic heterocycles. The Kier molecular flexibility index (Phi) is 3.88. The van der Waals surface area contributed by atoms with Crippen LogP contribution in [0.2, 0.25) is 0 Å². The normalized spacial score (nSPS) is 16.4. The molecule has 0 aliphatic carbocycles. The van der Waals surface area contributed by atoms with Crippen LogP contribution < -0.4 is 15.6 Å². The lowest BCUT2D eigenvalue weighted by Crippen LogP contribution is -2.25. The van der Waals surface area contributed by atoms with Crippen molar-refractivity contribution >= 4 is 22.8 Å². The molecule has 0 radical (unpaired) electrons. The number of carbonyl (C=O) groups excluding carboxylic acids is 1. The first-order valence-corrected chi connectivity index (χ1v) is 7.18. The van der Waals surface area contributed by atoms with Crippen LogP contribution in [0, 0.1) is 0 Å². The second-order valence-electron chi connectivity index (χ2n) is 5.03. The van der Waals surface area contributed by atoms with Crippen LogP contribution in [0.5, 0.6) is 5.75 Å². The molecule has 0 unspecified atom stereocenters. The van der Waals surface area contributed by atoms with E-state index in [0.717, 1.165) is 34.1 Å². The van der Waals surface area contributed by atoms with Gasteiger partial charge in [0, 0.05) is 17.5 Å². The van der Waals surface area contributed by atoms with Crippen molar-refractivity contribution in [3.05, 3.63) is 47.5 Å². The van der Waals surface area contributed by atoms with E-state index in [0.29, 0.717) is 13.2 Å². The molecule has 0 saturated carbocycles. The number of hydrazine groups is 1. The second kappa shape index (κ2) is 5.97. The Morgan fingerprint density at radius 3 is 2.76 bits per heavy atom. The van der Waals surface area contributed by atoms with E-state index in [-0.39, 0.29) is 5.91 Å². The zero-order valence-corrected chi connectivity index (χ0v) is 12.0. The Hall–Kier alpha value is -2.33. The minimum Gasteiger partial charge on any atom is -0.493 e. The van der Waals surface area contributed by atoms with Gasteiger partial charge in [-0.3, -0.25) is 10.2 Å². The lowest BCUT2D eigenvalue weighted by atomic mass is 10.0. The number of ether oxygens (including phenoxy) is 1. The van der Waals surface area contributed by atoms with Gasteiger partial charge >= 0.3 is 0 Å². The third kappa shape index (κ3) is 2.76. The Morgan fingerprint density at radius 2 is 2.05 bits per heavy atom. The van der Waals surface area contributed by atoms with Crippen LogP contribution in [0.4, 0.5) is 0 Å². The molecule has 108 valence electrons. The van der Waals surface area contributed by atoms with Gasteiger partial charge in [-0.2, -0.15) is 0 Å². The summed E-state index contributed by atoms with van der Waals surface area (Å²) >= 11 is 0. The van der Waals surface area contributed by atoms with Gasteiger partial charge in [0.1, 0.15) is 5.75 Å². The van der Waals surface area contributed by atoms with Crippen LogP contribution in [0.1, 0.15) is 18.9 Å². The van der Waals surface area contributed by atoms with Gasteiger partial charge in [0.15, 0.2) is 0 Å². The summed E-state index contributed by atoms with van der Waals surface area (Å²) in [6, 6.07) is 12.1. The summed E-state index contributed by atoms with van der Waals surface area (Å²) < 4.78 is 5.85. The lowest BCUT2D eigenvalue weighted by Gasteiger charge is -2.11. The third-order valence-corrected chi connectivity index (χ3v) is 3.46. The fraction of sp³-hybridized carbons (Fsp3) is 0.235. The van der Waals surface area contributed by atoms with E-state index in [9.17, 15) is 4.79 Å². The maximum atomic E-state index is 11.7. The molecule has 1 fully saturated rings. The fourth-order valence-electron chi connectivity index (χ4n) is 2.47. The summed E-state index contributed by atoms with van der Waals surface area (Å²) in [6.07, 6.45) is 2.89. The van der Waals surface area contributed by atoms with Crippen LogP contribution in [0.25, 0.3) is 16.8 Å². The molecule has 0 atom stereocenters. The summed E-state index contributed by atoms with van der Waals surface area (Å²) in [7, 11) is 0. The molecule has 1 aliphatic heterocycles. The number of hydrogen-bond donors (Lipinski definition) is 2. The zero-order valence-electron chi connectivity index (χ0n) is 12.0. The van der Waals surface area contributed by atoms with Crippen molar-refractivity contribution in [3.63, 3.8) is 0 Å². The molecule has 2 aromatic carbocycles. The summed E-state index contributed by atoms with van der Waals surface area (Å²) in [5, 5.41) is 2.17. The zero-order chi connectivity index (χ0) is 14.7. The molecule has 21 heavy (non-hydrogen) atoms. The maximum Gasteiger partial charge on any atom is 0.262 e. The predicted octanol–water partition coefficient (Wildman–Crippen LogP) is 2.65. The van der Waals surface area contributed by atoms with Crippen LogP contribution in [-0.4, -0.2) is 19.1 Å². The van der Waals surface area contributed by atoms with Crippen molar-refractivity contribution in [2.45, 2.75) is 13.3 Å². The number of benzene rings is 2. The molecule has 4 heteroatoms. The van der Waals surface area contributed by atoms with E-state index >= 15 is 0 Å². The van der Waals surface area contributed by atoms with Gasteiger partial charge in [0.2, 0.25) is 0 Å². The third-order valence-electron chi connectivity index (χ3n) is 3.46. The van der Waals surface area contributed by atoms with Gasteiger partial charge in [-0.1, -0.05) is 37.3 Å². The molecule has 4 nitrogen and oxygen atoms in total. The Balaban J connectivity index is 2.11. The molecule has 0 spiro atoms. The summed E-state index contributed by atoms with van der Waals surface area (Å²) in [5.41, 5.74) is 7.18. The molecule has 2 aromatic rings. The van der Waals surface area contributed by atoms with Crippen molar-refractivity contribution in [1.82, 2.24) is 10.9 Å².